The number of carboxylic acid groups (broad SMARTS) is 1. The van der Waals surface area contributed by atoms with Gasteiger partial charge < -0.3 is 15.3 Å². The topological polar surface area (TPSA) is 121 Å². The fraction of sp³-hybridized carbons (Fsp3) is 0.294. The second-order valence-corrected chi connectivity index (χ2v) is 5.72. The first kappa shape index (κ1) is 19.4. The van der Waals surface area contributed by atoms with E-state index < -0.39 is 29.9 Å². The van der Waals surface area contributed by atoms with Crippen molar-refractivity contribution in [2.75, 3.05) is 0 Å². The van der Waals surface area contributed by atoms with Crippen LogP contribution in [-0.2, 0) is 11.8 Å². The van der Waals surface area contributed by atoms with Crippen molar-refractivity contribution in [3.63, 3.8) is 0 Å². The van der Waals surface area contributed by atoms with Crippen LogP contribution in [0.5, 0.6) is 0 Å². The molecule has 1 heterocycles. The maximum absolute atomic E-state index is 13.9. The molecule has 2 aromatic rings. The molecule has 3 unspecified atom stereocenters. The van der Waals surface area contributed by atoms with E-state index in [9.17, 15) is 24.5 Å². The van der Waals surface area contributed by atoms with Crippen molar-refractivity contribution in [1.82, 2.24) is 20.2 Å². The Kier molecular flexibility index (Phi) is 6.31. The summed E-state index contributed by atoms with van der Waals surface area (Å²) in [6.07, 6.45) is -0.167. The van der Waals surface area contributed by atoms with Gasteiger partial charge in [0.1, 0.15) is 11.7 Å². The number of aryl methyl sites for hydroxylation is 1. The minimum Gasteiger partial charge on any atom is -0.481 e. The van der Waals surface area contributed by atoms with Crippen LogP contribution in [0.15, 0.2) is 43.0 Å². The number of aromatic nitrogens is 4. The Morgan fingerprint density at radius 3 is 2.65 bits per heavy atom. The van der Waals surface area contributed by atoms with E-state index >= 15 is 0 Å². The van der Waals surface area contributed by atoms with Crippen molar-refractivity contribution in [3.05, 3.63) is 60.2 Å². The maximum Gasteiger partial charge on any atom is 0.313 e. The molecule has 0 fully saturated rings. The van der Waals surface area contributed by atoms with E-state index in [1.54, 1.807) is 7.05 Å². The molecule has 9 heteroatoms. The van der Waals surface area contributed by atoms with Gasteiger partial charge in [-0.05, 0) is 16.5 Å². The van der Waals surface area contributed by atoms with E-state index in [4.69, 9.17) is 0 Å². The zero-order chi connectivity index (χ0) is 19.3. The van der Waals surface area contributed by atoms with Crippen molar-refractivity contribution >= 4 is 11.5 Å². The van der Waals surface area contributed by atoms with E-state index in [-0.39, 0.29) is 12.0 Å². The van der Waals surface area contributed by atoms with Crippen LogP contribution in [0.4, 0.5) is 4.39 Å². The average molecular weight is 362 g/mol. The molecular weight excluding hydrogens is 343 g/mol. The van der Waals surface area contributed by atoms with Crippen LogP contribution in [0.2, 0.25) is 0 Å². The molecule has 0 aliphatic rings. The van der Waals surface area contributed by atoms with Gasteiger partial charge in [-0.2, -0.15) is 0 Å². The summed E-state index contributed by atoms with van der Waals surface area (Å²) in [5.74, 6) is -3.21. The minimum atomic E-state index is -1.50. The number of carboxylic acids is 1. The van der Waals surface area contributed by atoms with Crippen LogP contribution >= 0.6 is 0 Å². The number of nitrogens with zero attached hydrogens (tertiary/aromatic N) is 4. The standard InChI is InChI=1S/C17H19FN4O4/c1-10(16-19-20-21-22(16)2)7-8-11(23)9-14(24)15(17(25)26)12-5-3-4-6-13(12)18/h3-8,11,14-15,23-24H,1,9H2,2H3,(H,25,26). The second kappa shape index (κ2) is 8.45. The molecule has 0 amide bonds. The predicted octanol–water partition coefficient (Wildman–Crippen LogP) is 0.899. The third-order valence-electron chi connectivity index (χ3n) is 3.80. The first-order valence-corrected chi connectivity index (χ1v) is 7.74. The third-order valence-corrected chi connectivity index (χ3v) is 3.80. The Bertz CT molecular complexity index is 821. The molecule has 3 atom stereocenters. The number of aliphatic hydroxyl groups excluding tert-OH is 2. The van der Waals surface area contributed by atoms with Crippen molar-refractivity contribution in [2.45, 2.75) is 24.5 Å². The first-order valence-electron chi connectivity index (χ1n) is 7.74. The van der Waals surface area contributed by atoms with Crippen LogP contribution in [0.3, 0.4) is 0 Å². The molecule has 8 nitrogen and oxygen atoms in total. The number of aliphatic carboxylic acids is 1. The van der Waals surface area contributed by atoms with Gasteiger partial charge in [-0.25, -0.2) is 9.07 Å². The number of carbonyl (C=O) groups is 1. The largest absolute Gasteiger partial charge is 0.481 e. The molecule has 0 aliphatic carbocycles. The van der Waals surface area contributed by atoms with Gasteiger partial charge in [0.15, 0.2) is 5.82 Å². The molecule has 0 spiro atoms. The molecule has 1 aromatic heterocycles. The molecule has 26 heavy (non-hydrogen) atoms. The molecule has 1 aromatic carbocycles. The molecule has 0 bridgehead atoms. The predicted molar refractivity (Wildman–Crippen MR) is 90.4 cm³/mol. The summed E-state index contributed by atoms with van der Waals surface area (Å²) in [5, 5.41) is 40.5. The molecule has 138 valence electrons. The number of rotatable bonds is 8. The van der Waals surface area contributed by atoms with E-state index in [2.05, 4.69) is 22.1 Å². The van der Waals surface area contributed by atoms with Gasteiger partial charge in [-0.15, -0.1) is 5.10 Å². The average Bonchev–Trinajstić information content (AvgIpc) is 3.00. The van der Waals surface area contributed by atoms with Gasteiger partial charge in [-0.3, -0.25) is 4.79 Å². The Balaban J connectivity index is 2.07. The van der Waals surface area contributed by atoms with E-state index in [0.29, 0.717) is 11.4 Å². The monoisotopic (exact) mass is 362 g/mol. The normalized spacial score (nSPS) is 14.9. The van der Waals surface area contributed by atoms with Gasteiger partial charge in [0.05, 0.1) is 12.2 Å². The van der Waals surface area contributed by atoms with Gasteiger partial charge in [0.2, 0.25) is 0 Å². The van der Waals surface area contributed by atoms with E-state index in [1.807, 2.05) is 0 Å². The summed E-state index contributed by atoms with van der Waals surface area (Å²) in [6.45, 7) is 3.76. The lowest BCUT2D eigenvalue weighted by Crippen LogP contribution is -2.30. The second-order valence-electron chi connectivity index (χ2n) is 5.72. The molecule has 0 saturated carbocycles. The maximum atomic E-state index is 13.9. The molecular formula is C17H19FN4O4. The van der Waals surface area contributed by atoms with Crippen molar-refractivity contribution in [1.29, 1.82) is 0 Å². The van der Waals surface area contributed by atoms with Crippen LogP contribution in [-0.4, -0.2) is 53.7 Å². The van der Waals surface area contributed by atoms with Crippen molar-refractivity contribution < 1.29 is 24.5 Å². The highest BCUT2D eigenvalue weighted by molar-refractivity contribution is 5.77. The summed E-state index contributed by atoms with van der Waals surface area (Å²) >= 11 is 0. The Morgan fingerprint density at radius 1 is 1.38 bits per heavy atom. The number of hydrogen-bond acceptors (Lipinski definition) is 6. The smallest absolute Gasteiger partial charge is 0.313 e. The van der Waals surface area contributed by atoms with Crippen LogP contribution in [0.1, 0.15) is 23.7 Å². The molecule has 0 radical (unpaired) electrons. The van der Waals surface area contributed by atoms with Crippen LogP contribution in [0, 0.1) is 5.82 Å². The Morgan fingerprint density at radius 2 is 2.08 bits per heavy atom. The van der Waals surface area contributed by atoms with Gasteiger partial charge in [-0.1, -0.05) is 36.9 Å². The lowest BCUT2D eigenvalue weighted by Gasteiger charge is -2.21. The van der Waals surface area contributed by atoms with E-state index in [0.717, 1.165) is 6.07 Å². The Hall–Kier alpha value is -2.91. The molecule has 0 aliphatic heterocycles. The van der Waals surface area contributed by atoms with Gasteiger partial charge in [0.25, 0.3) is 0 Å². The van der Waals surface area contributed by atoms with Gasteiger partial charge >= 0.3 is 5.97 Å². The number of halogens is 1. The summed E-state index contributed by atoms with van der Waals surface area (Å²) in [7, 11) is 1.63. The van der Waals surface area contributed by atoms with Gasteiger partial charge in [0, 0.05) is 24.6 Å². The summed E-state index contributed by atoms with van der Waals surface area (Å²) in [5.41, 5.74) is 0.285. The number of hydrogen-bond donors (Lipinski definition) is 3. The highest BCUT2D eigenvalue weighted by Gasteiger charge is 2.31. The van der Waals surface area contributed by atoms with E-state index in [1.165, 1.54) is 35.0 Å². The molecule has 2 rings (SSSR count). The number of aliphatic hydroxyl groups is 2. The molecule has 3 N–H and O–H groups in total. The number of benzene rings is 1. The third kappa shape index (κ3) is 4.58. The fourth-order valence-electron chi connectivity index (χ4n) is 2.50. The van der Waals surface area contributed by atoms with Crippen LogP contribution in [0.25, 0.3) is 5.57 Å². The summed E-state index contributed by atoms with van der Waals surface area (Å²) < 4.78 is 15.3. The summed E-state index contributed by atoms with van der Waals surface area (Å²) in [4.78, 5) is 11.5. The lowest BCUT2D eigenvalue weighted by molar-refractivity contribution is -0.142. The lowest BCUT2D eigenvalue weighted by atomic mass is 9.89. The quantitative estimate of drug-likeness (QED) is 0.597. The first-order chi connectivity index (χ1) is 12.3. The van der Waals surface area contributed by atoms with Crippen molar-refractivity contribution in [2.24, 2.45) is 7.05 Å². The highest BCUT2D eigenvalue weighted by Crippen LogP contribution is 2.26. The van der Waals surface area contributed by atoms with Crippen molar-refractivity contribution in [3.8, 4) is 0 Å². The number of tetrazole rings is 1. The Labute approximate surface area is 148 Å². The zero-order valence-corrected chi connectivity index (χ0v) is 14.0. The summed E-state index contributed by atoms with van der Waals surface area (Å²) in [6, 6.07) is 5.32. The molecule has 0 saturated heterocycles. The fourth-order valence-corrected chi connectivity index (χ4v) is 2.50. The zero-order valence-electron chi connectivity index (χ0n) is 14.0. The van der Waals surface area contributed by atoms with Crippen LogP contribution < -0.4 is 0 Å². The SMILES string of the molecule is C=C(C=CC(O)CC(O)C(C(=O)O)c1ccccc1F)c1nnnn1C. The highest BCUT2D eigenvalue weighted by atomic mass is 19.1. The minimum absolute atomic E-state index is 0.141. The number of allylic oxidation sites excluding steroid dienone is 2.